The standard InChI is InChI=1S/C18H18O5/c19-11-15(13-7-3-1-4-8-13)17(21)23-18(22)16(12-20)14-9-5-2-6-10-14/h1-10,15-16,19-20H,11-12H2. The number of hydrogen-bond donors (Lipinski definition) is 2. The van der Waals surface area contributed by atoms with Crippen molar-refractivity contribution in [3.05, 3.63) is 71.8 Å². The summed E-state index contributed by atoms with van der Waals surface area (Å²) in [4.78, 5) is 24.3. The first-order valence-corrected chi connectivity index (χ1v) is 7.24. The highest BCUT2D eigenvalue weighted by Crippen LogP contribution is 2.20. The maximum atomic E-state index is 12.2. The van der Waals surface area contributed by atoms with Crippen LogP contribution in [0.4, 0.5) is 0 Å². The zero-order valence-electron chi connectivity index (χ0n) is 12.5. The van der Waals surface area contributed by atoms with Crippen LogP contribution in [0.2, 0.25) is 0 Å². The highest BCUT2D eigenvalue weighted by Gasteiger charge is 2.28. The molecule has 5 nitrogen and oxygen atoms in total. The van der Waals surface area contributed by atoms with Gasteiger partial charge in [0.25, 0.3) is 0 Å². The molecule has 2 unspecified atom stereocenters. The van der Waals surface area contributed by atoms with Crippen LogP contribution in [0.1, 0.15) is 23.0 Å². The van der Waals surface area contributed by atoms with Gasteiger partial charge in [0.15, 0.2) is 0 Å². The van der Waals surface area contributed by atoms with Crippen LogP contribution in [0.3, 0.4) is 0 Å². The van der Waals surface area contributed by atoms with Gasteiger partial charge < -0.3 is 14.9 Å². The fraction of sp³-hybridized carbons (Fsp3) is 0.222. The molecule has 120 valence electrons. The van der Waals surface area contributed by atoms with Crippen molar-refractivity contribution in [1.29, 1.82) is 0 Å². The molecule has 0 radical (unpaired) electrons. The minimum absolute atomic E-state index is 0.467. The van der Waals surface area contributed by atoms with Gasteiger partial charge in [-0.25, -0.2) is 0 Å². The van der Waals surface area contributed by atoms with Crippen molar-refractivity contribution in [3.8, 4) is 0 Å². The number of hydrogen-bond acceptors (Lipinski definition) is 5. The van der Waals surface area contributed by atoms with Gasteiger partial charge in [-0.3, -0.25) is 9.59 Å². The predicted molar refractivity (Wildman–Crippen MR) is 83.6 cm³/mol. The summed E-state index contributed by atoms with van der Waals surface area (Å²) in [5.41, 5.74) is 1.13. The maximum Gasteiger partial charge on any atom is 0.323 e. The van der Waals surface area contributed by atoms with E-state index in [-0.39, 0.29) is 0 Å². The lowest BCUT2D eigenvalue weighted by atomic mass is 9.99. The quantitative estimate of drug-likeness (QED) is 0.625. The normalized spacial score (nSPS) is 13.1. The molecule has 0 fully saturated rings. The van der Waals surface area contributed by atoms with E-state index in [1.165, 1.54) is 0 Å². The summed E-state index contributed by atoms with van der Waals surface area (Å²) in [6.45, 7) is -0.934. The average molecular weight is 314 g/mol. The van der Waals surface area contributed by atoms with E-state index in [0.29, 0.717) is 11.1 Å². The van der Waals surface area contributed by atoms with Crippen molar-refractivity contribution in [2.45, 2.75) is 11.8 Å². The topological polar surface area (TPSA) is 83.8 Å². The Bertz CT molecular complexity index is 581. The number of ether oxygens (including phenoxy) is 1. The van der Waals surface area contributed by atoms with Gasteiger partial charge in [-0.1, -0.05) is 60.7 Å². The van der Waals surface area contributed by atoms with Gasteiger partial charge >= 0.3 is 11.9 Å². The van der Waals surface area contributed by atoms with Crippen LogP contribution in [-0.2, 0) is 14.3 Å². The molecule has 0 saturated heterocycles. The summed E-state index contributed by atoms with van der Waals surface area (Å²) < 4.78 is 4.87. The van der Waals surface area contributed by atoms with Crippen LogP contribution >= 0.6 is 0 Å². The number of carbonyl (C=O) groups is 2. The molecule has 0 bridgehead atoms. The van der Waals surface area contributed by atoms with Gasteiger partial charge in [0.05, 0.1) is 13.2 Å². The van der Waals surface area contributed by atoms with E-state index in [4.69, 9.17) is 4.74 Å². The van der Waals surface area contributed by atoms with Gasteiger partial charge in [0.2, 0.25) is 0 Å². The van der Waals surface area contributed by atoms with Gasteiger partial charge in [0, 0.05) is 0 Å². The second-order valence-corrected chi connectivity index (χ2v) is 5.03. The predicted octanol–water partition coefficient (Wildman–Crippen LogP) is 1.61. The van der Waals surface area contributed by atoms with Crippen molar-refractivity contribution >= 4 is 11.9 Å². The third-order valence-electron chi connectivity index (χ3n) is 3.54. The van der Waals surface area contributed by atoms with Crippen molar-refractivity contribution in [2.75, 3.05) is 13.2 Å². The van der Waals surface area contributed by atoms with E-state index in [1.807, 2.05) is 0 Å². The molecular formula is C18H18O5. The Morgan fingerprint density at radius 3 is 1.39 bits per heavy atom. The summed E-state index contributed by atoms with van der Waals surface area (Å²) in [7, 11) is 0. The van der Waals surface area contributed by atoms with Crippen LogP contribution < -0.4 is 0 Å². The van der Waals surface area contributed by atoms with Gasteiger partial charge in [-0.2, -0.15) is 0 Å². The minimum atomic E-state index is -0.935. The molecule has 0 aliphatic heterocycles. The second-order valence-electron chi connectivity index (χ2n) is 5.03. The number of aliphatic hydroxyl groups excluding tert-OH is 2. The molecular weight excluding hydrogens is 296 g/mol. The van der Waals surface area contributed by atoms with Crippen molar-refractivity contribution in [2.24, 2.45) is 0 Å². The van der Waals surface area contributed by atoms with E-state index in [2.05, 4.69) is 0 Å². The highest BCUT2D eigenvalue weighted by atomic mass is 16.6. The van der Waals surface area contributed by atoms with Gasteiger partial charge in [-0.05, 0) is 11.1 Å². The van der Waals surface area contributed by atoms with E-state index in [0.717, 1.165) is 0 Å². The molecule has 0 aliphatic carbocycles. The fourth-order valence-corrected chi connectivity index (χ4v) is 2.24. The monoisotopic (exact) mass is 314 g/mol. The Labute approximate surface area is 134 Å². The highest BCUT2D eigenvalue weighted by molar-refractivity contribution is 5.92. The molecule has 0 heterocycles. The third-order valence-corrected chi connectivity index (χ3v) is 3.54. The van der Waals surface area contributed by atoms with E-state index < -0.39 is 37.0 Å². The van der Waals surface area contributed by atoms with Crippen LogP contribution in [0, 0.1) is 0 Å². The summed E-state index contributed by atoms with van der Waals surface area (Å²) in [5.74, 6) is -3.54. The third kappa shape index (κ3) is 4.25. The lowest BCUT2D eigenvalue weighted by Crippen LogP contribution is -2.27. The zero-order valence-corrected chi connectivity index (χ0v) is 12.5. The summed E-state index contributed by atoms with van der Waals surface area (Å²) in [6, 6.07) is 17.2. The molecule has 2 N–H and O–H groups in total. The molecule has 2 atom stereocenters. The Morgan fingerprint density at radius 2 is 1.09 bits per heavy atom. The number of esters is 2. The van der Waals surface area contributed by atoms with E-state index >= 15 is 0 Å². The minimum Gasteiger partial charge on any atom is -0.395 e. The Balaban J connectivity index is 2.10. The second kappa shape index (κ2) is 8.22. The fourth-order valence-electron chi connectivity index (χ4n) is 2.24. The molecule has 0 aromatic heterocycles. The molecule has 0 spiro atoms. The summed E-state index contributed by atoms with van der Waals surface area (Å²) >= 11 is 0. The van der Waals surface area contributed by atoms with E-state index in [1.54, 1.807) is 60.7 Å². The molecule has 2 aromatic carbocycles. The molecule has 0 aliphatic rings. The molecule has 5 heteroatoms. The summed E-state index contributed by atoms with van der Waals surface area (Å²) in [6.07, 6.45) is 0. The number of rotatable bonds is 6. The van der Waals surface area contributed by atoms with Gasteiger partial charge in [0.1, 0.15) is 11.8 Å². The lowest BCUT2D eigenvalue weighted by Gasteiger charge is -2.16. The van der Waals surface area contributed by atoms with Gasteiger partial charge in [-0.15, -0.1) is 0 Å². The molecule has 0 saturated carbocycles. The first kappa shape index (κ1) is 16.9. The first-order valence-electron chi connectivity index (χ1n) is 7.24. The Morgan fingerprint density at radius 1 is 0.739 bits per heavy atom. The largest absolute Gasteiger partial charge is 0.395 e. The van der Waals surface area contributed by atoms with Crippen molar-refractivity contribution < 1.29 is 24.5 Å². The van der Waals surface area contributed by atoms with Crippen LogP contribution in [0.25, 0.3) is 0 Å². The Kier molecular flexibility index (Phi) is 6.02. The first-order chi connectivity index (χ1) is 11.2. The maximum absolute atomic E-state index is 12.2. The van der Waals surface area contributed by atoms with Crippen molar-refractivity contribution in [1.82, 2.24) is 0 Å². The van der Waals surface area contributed by atoms with Crippen molar-refractivity contribution in [3.63, 3.8) is 0 Å². The molecule has 2 rings (SSSR count). The van der Waals surface area contributed by atoms with E-state index in [9.17, 15) is 19.8 Å². The number of benzene rings is 2. The average Bonchev–Trinajstić information content (AvgIpc) is 2.58. The number of aliphatic hydroxyl groups is 2. The molecule has 23 heavy (non-hydrogen) atoms. The number of carbonyl (C=O) groups excluding carboxylic acids is 2. The molecule has 2 aromatic rings. The summed E-state index contributed by atoms with van der Waals surface area (Å²) in [5, 5.41) is 18.8. The smallest absolute Gasteiger partial charge is 0.323 e. The van der Waals surface area contributed by atoms with Crippen LogP contribution in [0.5, 0.6) is 0 Å². The van der Waals surface area contributed by atoms with Crippen LogP contribution in [0.15, 0.2) is 60.7 Å². The lowest BCUT2D eigenvalue weighted by molar-refractivity contribution is -0.163. The zero-order chi connectivity index (χ0) is 16.7. The Hall–Kier alpha value is -2.50. The SMILES string of the molecule is O=C(OC(=O)C(CO)c1ccccc1)C(CO)c1ccccc1. The van der Waals surface area contributed by atoms with Crippen LogP contribution in [-0.4, -0.2) is 35.4 Å². The molecule has 0 amide bonds.